The summed E-state index contributed by atoms with van der Waals surface area (Å²) < 4.78 is 12.4. The minimum Gasteiger partial charge on any atom is -0.400 e. The van der Waals surface area contributed by atoms with E-state index in [0.29, 0.717) is 0 Å². The second-order valence-electron chi connectivity index (χ2n) is 9.32. The first-order valence-electron chi connectivity index (χ1n) is 9.30. The van der Waals surface area contributed by atoms with E-state index in [9.17, 15) is 0 Å². The van der Waals surface area contributed by atoms with Crippen LogP contribution in [0.3, 0.4) is 0 Å². The van der Waals surface area contributed by atoms with Gasteiger partial charge in [-0.15, -0.1) is 0 Å². The first kappa shape index (κ1) is 21.0. The molecule has 0 N–H and O–H groups in total. The fourth-order valence-electron chi connectivity index (χ4n) is 4.17. The minimum atomic E-state index is -1.40. The summed E-state index contributed by atoms with van der Waals surface area (Å²) in [6, 6.07) is 1.22. The van der Waals surface area contributed by atoms with E-state index in [0.717, 1.165) is 16.6 Å². The van der Waals surface area contributed by atoms with Crippen molar-refractivity contribution in [3.63, 3.8) is 0 Å². The maximum Gasteiger partial charge on any atom is 0.489 e. The number of hydrogen-bond donors (Lipinski definition) is 0. The van der Waals surface area contributed by atoms with Gasteiger partial charge in [-0.2, -0.15) is 0 Å². The molecule has 0 aromatic heterocycles. The van der Waals surface area contributed by atoms with Crippen LogP contribution in [0.5, 0.6) is 0 Å². The average Bonchev–Trinajstić information content (AvgIpc) is 2.57. The first-order valence-corrected chi connectivity index (χ1v) is 11.7. The molecule has 1 rings (SSSR count). The standard InChI is InChI=1S/C19H39BO2Si/c1-14(2)23(15(3)4,16(5)6)13-12-17(7)20-21-18(8,9)19(10,11)22-20/h12,14-16H,13H2,1-11H3/b17-12-. The molecule has 1 fully saturated rings. The molecule has 134 valence electrons. The van der Waals surface area contributed by atoms with Gasteiger partial charge in [0.1, 0.15) is 0 Å². The van der Waals surface area contributed by atoms with Gasteiger partial charge in [0.25, 0.3) is 0 Å². The molecule has 0 aromatic carbocycles. The maximum atomic E-state index is 6.20. The monoisotopic (exact) mass is 338 g/mol. The van der Waals surface area contributed by atoms with Gasteiger partial charge in [-0.3, -0.25) is 0 Å². The average molecular weight is 338 g/mol. The summed E-state index contributed by atoms with van der Waals surface area (Å²) in [4.78, 5) is 0. The summed E-state index contributed by atoms with van der Waals surface area (Å²) in [5.41, 5.74) is 3.08. The predicted octanol–water partition coefficient (Wildman–Crippen LogP) is 6.24. The van der Waals surface area contributed by atoms with E-state index < -0.39 is 8.07 Å². The molecule has 0 atom stereocenters. The summed E-state index contributed by atoms with van der Waals surface area (Å²) in [6.45, 7) is 25.2. The Morgan fingerprint density at radius 1 is 0.870 bits per heavy atom. The molecule has 1 aliphatic rings. The fourth-order valence-corrected chi connectivity index (χ4v) is 10.3. The van der Waals surface area contributed by atoms with E-state index >= 15 is 0 Å². The Labute approximate surface area is 146 Å². The van der Waals surface area contributed by atoms with Gasteiger partial charge in [-0.25, -0.2) is 0 Å². The lowest BCUT2D eigenvalue weighted by molar-refractivity contribution is 0.00578. The third-order valence-electron chi connectivity index (χ3n) is 6.63. The summed E-state index contributed by atoms with van der Waals surface area (Å²) in [7, 11) is -1.60. The molecule has 4 heteroatoms. The lowest BCUT2D eigenvalue weighted by Crippen LogP contribution is -2.43. The lowest BCUT2D eigenvalue weighted by Gasteiger charge is -2.43. The highest BCUT2D eigenvalue weighted by Crippen LogP contribution is 2.45. The van der Waals surface area contributed by atoms with Crippen molar-refractivity contribution >= 4 is 15.2 Å². The largest absolute Gasteiger partial charge is 0.489 e. The molecule has 1 aliphatic heterocycles. The second-order valence-corrected chi connectivity index (χ2v) is 15.4. The normalized spacial score (nSPS) is 21.8. The summed E-state index contributed by atoms with van der Waals surface area (Å²) in [6.07, 6.45) is 2.42. The van der Waals surface area contributed by atoms with Crippen LogP contribution in [0.1, 0.15) is 76.2 Å². The Bertz CT molecular complexity index is 401. The van der Waals surface area contributed by atoms with Crippen molar-refractivity contribution < 1.29 is 9.31 Å². The van der Waals surface area contributed by atoms with Crippen LogP contribution in [0.4, 0.5) is 0 Å². The first-order chi connectivity index (χ1) is 10.3. The summed E-state index contributed by atoms with van der Waals surface area (Å²) in [5, 5.41) is 0. The van der Waals surface area contributed by atoms with Crippen molar-refractivity contribution in [2.24, 2.45) is 0 Å². The van der Waals surface area contributed by atoms with Crippen LogP contribution in [-0.4, -0.2) is 26.4 Å². The maximum absolute atomic E-state index is 6.20. The van der Waals surface area contributed by atoms with Gasteiger partial charge in [0.05, 0.1) is 19.3 Å². The van der Waals surface area contributed by atoms with Gasteiger partial charge in [-0.1, -0.05) is 64.2 Å². The Hall–Kier alpha value is -0.0582. The zero-order chi connectivity index (χ0) is 18.2. The molecule has 0 unspecified atom stereocenters. The summed E-state index contributed by atoms with van der Waals surface area (Å²) >= 11 is 0. The molecule has 2 nitrogen and oxygen atoms in total. The Kier molecular flexibility index (Phi) is 6.43. The molecule has 1 heterocycles. The van der Waals surface area contributed by atoms with Crippen LogP contribution in [0.25, 0.3) is 0 Å². The quantitative estimate of drug-likeness (QED) is 0.533. The van der Waals surface area contributed by atoms with E-state index in [2.05, 4.69) is 82.2 Å². The van der Waals surface area contributed by atoms with Gasteiger partial charge in [0.15, 0.2) is 0 Å². The predicted molar refractivity (Wildman–Crippen MR) is 106 cm³/mol. The van der Waals surface area contributed by atoms with Crippen molar-refractivity contribution in [2.75, 3.05) is 0 Å². The van der Waals surface area contributed by atoms with Crippen LogP contribution in [0, 0.1) is 0 Å². The third-order valence-corrected chi connectivity index (χ3v) is 14.0. The highest BCUT2D eigenvalue weighted by Gasteiger charge is 2.51. The van der Waals surface area contributed by atoms with Crippen LogP contribution >= 0.6 is 0 Å². The smallest absolute Gasteiger partial charge is 0.400 e. The van der Waals surface area contributed by atoms with Crippen molar-refractivity contribution in [1.82, 2.24) is 0 Å². The molecule has 0 aromatic rings. The molecule has 0 saturated carbocycles. The van der Waals surface area contributed by atoms with Crippen LogP contribution in [-0.2, 0) is 9.31 Å². The van der Waals surface area contributed by atoms with Gasteiger partial charge in [-0.05, 0) is 46.1 Å². The van der Waals surface area contributed by atoms with Gasteiger partial charge >= 0.3 is 7.12 Å². The van der Waals surface area contributed by atoms with E-state index in [-0.39, 0.29) is 18.3 Å². The van der Waals surface area contributed by atoms with Crippen molar-refractivity contribution in [1.29, 1.82) is 0 Å². The summed E-state index contributed by atoms with van der Waals surface area (Å²) in [5.74, 6) is 0. The van der Waals surface area contributed by atoms with Gasteiger partial charge in [0.2, 0.25) is 0 Å². The number of hydrogen-bond acceptors (Lipinski definition) is 2. The van der Waals surface area contributed by atoms with Gasteiger partial charge in [0, 0.05) is 0 Å². The van der Waals surface area contributed by atoms with Crippen molar-refractivity contribution in [3.05, 3.63) is 11.5 Å². The van der Waals surface area contributed by atoms with Crippen LogP contribution in [0.15, 0.2) is 11.5 Å². The molecule has 0 amide bonds. The molecule has 23 heavy (non-hydrogen) atoms. The Morgan fingerprint density at radius 3 is 1.52 bits per heavy atom. The van der Waals surface area contributed by atoms with E-state index in [1.807, 2.05) is 0 Å². The highest BCUT2D eigenvalue weighted by molar-refractivity contribution is 6.84. The zero-order valence-electron chi connectivity index (χ0n) is 17.4. The van der Waals surface area contributed by atoms with Crippen molar-refractivity contribution in [2.45, 2.75) is 110 Å². The lowest BCUT2D eigenvalue weighted by atomic mass is 9.79. The van der Waals surface area contributed by atoms with Crippen molar-refractivity contribution in [3.8, 4) is 0 Å². The fraction of sp³-hybridized carbons (Fsp3) is 0.895. The molecule has 0 spiro atoms. The molecule has 0 bridgehead atoms. The molecule has 1 saturated heterocycles. The third kappa shape index (κ3) is 3.96. The molecular formula is C19H39BO2Si. The molecule has 0 aliphatic carbocycles. The van der Waals surface area contributed by atoms with Crippen LogP contribution in [0.2, 0.25) is 22.7 Å². The molecular weight excluding hydrogens is 299 g/mol. The van der Waals surface area contributed by atoms with E-state index in [1.165, 1.54) is 11.5 Å². The number of rotatable bonds is 6. The minimum absolute atomic E-state index is 0.196. The highest BCUT2D eigenvalue weighted by atomic mass is 28.3. The molecule has 0 radical (unpaired) electrons. The Morgan fingerprint density at radius 2 is 1.22 bits per heavy atom. The Balaban J connectivity index is 2.99. The zero-order valence-corrected chi connectivity index (χ0v) is 18.4. The van der Waals surface area contributed by atoms with E-state index in [1.54, 1.807) is 0 Å². The second kappa shape index (κ2) is 7.05. The van der Waals surface area contributed by atoms with Gasteiger partial charge < -0.3 is 9.31 Å². The topological polar surface area (TPSA) is 18.5 Å². The SMILES string of the molecule is C/C(=C/C[Si](C(C)C)(C(C)C)C(C)C)B1OC(C)(C)C(C)(C)O1. The van der Waals surface area contributed by atoms with Crippen LogP contribution < -0.4 is 0 Å². The number of allylic oxidation sites excluding steroid dienone is 2. The van der Waals surface area contributed by atoms with E-state index in [4.69, 9.17) is 9.31 Å².